The second-order valence-corrected chi connectivity index (χ2v) is 3.68. The molecule has 0 atom stereocenters. The van der Waals surface area contributed by atoms with Gasteiger partial charge in [-0.2, -0.15) is 0 Å². The average molecular weight is 214 g/mol. The fourth-order valence-corrected chi connectivity index (χ4v) is 2.03. The minimum absolute atomic E-state index is 0.820. The number of nitrogens with zero attached hydrogens (tertiary/aromatic N) is 2. The summed E-state index contributed by atoms with van der Waals surface area (Å²) in [5, 5.41) is 0. The van der Waals surface area contributed by atoms with E-state index in [4.69, 9.17) is 24.4 Å². The molecule has 72 valence electrons. The first-order chi connectivity index (χ1) is 6.11. The number of rotatable bonds is 2. The minimum atomic E-state index is 0.820. The fraction of sp³-hybridized carbons (Fsp3) is 0.556. The monoisotopic (exact) mass is 214 g/mol. The first-order valence-corrected chi connectivity index (χ1v) is 5.24. The molecule has 1 aromatic rings. The van der Waals surface area contributed by atoms with Gasteiger partial charge in [0, 0.05) is 24.8 Å². The molecule has 0 aromatic carbocycles. The van der Waals surface area contributed by atoms with Gasteiger partial charge in [0.2, 0.25) is 0 Å². The van der Waals surface area contributed by atoms with E-state index in [1.54, 1.807) is 0 Å². The molecule has 4 heteroatoms. The Labute approximate surface area is 88.8 Å². The third-order valence-corrected chi connectivity index (χ3v) is 3.06. The van der Waals surface area contributed by atoms with Gasteiger partial charge in [0.15, 0.2) is 4.77 Å². The molecule has 1 rings (SSSR count). The molecule has 0 saturated heterocycles. The van der Waals surface area contributed by atoms with Crippen molar-refractivity contribution in [3.8, 4) is 0 Å². The van der Waals surface area contributed by atoms with Crippen LogP contribution in [0.5, 0.6) is 0 Å². The van der Waals surface area contributed by atoms with Gasteiger partial charge in [-0.05, 0) is 33.0 Å². The Hall–Kier alpha value is -0.480. The third-order valence-electron chi connectivity index (χ3n) is 2.07. The van der Waals surface area contributed by atoms with E-state index in [2.05, 4.69) is 13.8 Å². The standard InChI is InChI=1S/C9H14N2S2/c1-4-10-6-7(3)8(12)11(5-2)9(10)13/h6H,4-5H2,1-3H3. The van der Waals surface area contributed by atoms with E-state index in [0.29, 0.717) is 0 Å². The van der Waals surface area contributed by atoms with Crippen LogP contribution in [0.4, 0.5) is 0 Å². The third kappa shape index (κ3) is 1.89. The summed E-state index contributed by atoms with van der Waals surface area (Å²) in [5.74, 6) is 0. The molecule has 0 aliphatic rings. The zero-order valence-electron chi connectivity index (χ0n) is 8.20. The summed E-state index contributed by atoms with van der Waals surface area (Å²) in [7, 11) is 0. The van der Waals surface area contributed by atoms with Crippen LogP contribution < -0.4 is 0 Å². The van der Waals surface area contributed by atoms with Gasteiger partial charge in [-0.3, -0.25) is 0 Å². The molecule has 0 radical (unpaired) electrons. The first-order valence-electron chi connectivity index (χ1n) is 4.42. The lowest BCUT2D eigenvalue weighted by Crippen LogP contribution is -2.10. The van der Waals surface area contributed by atoms with Gasteiger partial charge in [-0.15, -0.1) is 0 Å². The highest BCUT2D eigenvalue weighted by atomic mass is 32.1. The zero-order chi connectivity index (χ0) is 10.0. The van der Waals surface area contributed by atoms with Crippen molar-refractivity contribution >= 4 is 24.4 Å². The minimum Gasteiger partial charge on any atom is -0.325 e. The number of hydrogen-bond donors (Lipinski definition) is 0. The summed E-state index contributed by atoms with van der Waals surface area (Å²) >= 11 is 10.6. The van der Waals surface area contributed by atoms with E-state index in [0.717, 1.165) is 28.1 Å². The molecular weight excluding hydrogens is 200 g/mol. The van der Waals surface area contributed by atoms with E-state index < -0.39 is 0 Å². The molecule has 13 heavy (non-hydrogen) atoms. The van der Waals surface area contributed by atoms with Crippen molar-refractivity contribution in [3.63, 3.8) is 0 Å². The summed E-state index contributed by atoms with van der Waals surface area (Å²) in [6.07, 6.45) is 2.02. The second-order valence-electron chi connectivity index (χ2n) is 2.93. The lowest BCUT2D eigenvalue weighted by Gasteiger charge is -2.11. The Morgan fingerprint density at radius 1 is 1.23 bits per heavy atom. The SMILES string of the molecule is CCn1cc(C)c(=S)n(CC)c1=S. The maximum Gasteiger partial charge on any atom is 0.180 e. The maximum absolute atomic E-state index is 5.30. The Morgan fingerprint density at radius 2 is 1.85 bits per heavy atom. The Bertz CT molecular complexity index is 415. The van der Waals surface area contributed by atoms with Crippen molar-refractivity contribution in [2.24, 2.45) is 0 Å². The van der Waals surface area contributed by atoms with E-state index in [-0.39, 0.29) is 0 Å². The first kappa shape index (κ1) is 10.6. The largest absolute Gasteiger partial charge is 0.325 e. The van der Waals surface area contributed by atoms with E-state index in [1.807, 2.05) is 22.3 Å². The van der Waals surface area contributed by atoms with Crippen LogP contribution in [0.15, 0.2) is 6.20 Å². The highest BCUT2D eigenvalue weighted by Crippen LogP contribution is 2.04. The lowest BCUT2D eigenvalue weighted by molar-refractivity contribution is 0.616. The van der Waals surface area contributed by atoms with Gasteiger partial charge < -0.3 is 9.13 Å². The molecule has 0 unspecified atom stereocenters. The predicted octanol–water partition coefficient (Wildman–Crippen LogP) is 3.10. The van der Waals surface area contributed by atoms with Crippen LogP contribution in [0.1, 0.15) is 19.4 Å². The molecule has 1 aromatic heterocycles. The highest BCUT2D eigenvalue weighted by Gasteiger charge is 1.99. The van der Waals surface area contributed by atoms with Crippen LogP contribution in [-0.2, 0) is 13.1 Å². The van der Waals surface area contributed by atoms with Gasteiger partial charge in [0.25, 0.3) is 0 Å². The molecule has 0 saturated carbocycles. The zero-order valence-corrected chi connectivity index (χ0v) is 9.84. The molecule has 2 nitrogen and oxygen atoms in total. The Kier molecular flexibility index (Phi) is 3.39. The summed E-state index contributed by atoms with van der Waals surface area (Å²) in [6.45, 7) is 7.91. The van der Waals surface area contributed by atoms with Crippen LogP contribution in [-0.4, -0.2) is 9.13 Å². The van der Waals surface area contributed by atoms with Crippen LogP contribution in [0.25, 0.3) is 0 Å². The van der Waals surface area contributed by atoms with E-state index >= 15 is 0 Å². The van der Waals surface area contributed by atoms with Gasteiger partial charge in [-0.1, -0.05) is 12.2 Å². The molecule has 0 fully saturated rings. The summed E-state index contributed by atoms with van der Waals surface area (Å²) in [5.41, 5.74) is 1.12. The number of aryl methyl sites for hydroxylation is 2. The number of aromatic nitrogens is 2. The van der Waals surface area contributed by atoms with Crippen LogP contribution in [0.3, 0.4) is 0 Å². The molecule has 0 amide bonds. The second kappa shape index (κ2) is 4.15. The highest BCUT2D eigenvalue weighted by molar-refractivity contribution is 7.72. The molecule has 0 bridgehead atoms. The van der Waals surface area contributed by atoms with Crippen molar-refractivity contribution in [2.75, 3.05) is 0 Å². The number of hydrogen-bond acceptors (Lipinski definition) is 2. The average Bonchev–Trinajstić information content (AvgIpc) is 2.12. The van der Waals surface area contributed by atoms with E-state index in [9.17, 15) is 0 Å². The van der Waals surface area contributed by atoms with Crippen LogP contribution in [0.2, 0.25) is 0 Å². The van der Waals surface area contributed by atoms with Crippen LogP contribution in [0, 0.1) is 16.3 Å². The molecule has 0 N–H and O–H groups in total. The maximum atomic E-state index is 5.30. The quantitative estimate of drug-likeness (QED) is 0.700. The van der Waals surface area contributed by atoms with Crippen molar-refractivity contribution in [3.05, 3.63) is 21.2 Å². The Balaban J connectivity index is 3.58. The van der Waals surface area contributed by atoms with Crippen molar-refractivity contribution in [1.29, 1.82) is 0 Å². The fourth-order valence-electron chi connectivity index (χ4n) is 1.30. The van der Waals surface area contributed by atoms with Gasteiger partial charge >= 0.3 is 0 Å². The Morgan fingerprint density at radius 3 is 2.31 bits per heavy atom. The topological polar surface area (TPSA) is 9.86 Å². The summed E-state index contributed by atoms with van der Waals surface area (Å²) in [6, 6.07) is 0. The predicted molar refractivity (Wildman–Crippen MR) is 60.2 cm³/mol. The smallest absolute Gasteiger partial charge is 0.180 e. The normalized spacial score (nSPS) is 10.4. The van der Waals surface area contributed by atoms with Crippen LogP contribution >= 0.6 is 24.4 Å². The van der Waals surface area contributed by atoms with Gasteiger partial charge in [-0.25, -0.2) is 0 Å². The molecular formula is C9H14N2S2. The lowest BCUT2D eigenvalue weighted by atomic mass is 10.4. The summed E-state index contributed by atoms with van der Waals surface area (Å²) < 4.78 is 5.71. The molecule has 1 heterocycles. The van der Waals surface area contributed by atoms with Gasteiger partial charge in [0.1, 0.15) is 4.64 Å². The molecule has 0 aliphatic heterocycles. The van der Waals surface area contributed by atoms with Gasteiger partial charge in [0.05, 0.1) is 0 Å². The van der Waals surface area contributed by atoms with Crippen molar-refractivity contribution in [1.82, 2.24) is 9.13 Å². The molecule has 0 spiro atoms. The van der Waals surface area contributed by atoms with Crippen molar-refractivity contribution < 1.29 is 0 Å². The van der Waals surface area contributed by atoms with E-state index in [1.165, 1.54) is 0 Å². The molecule has 0 aliphatic carbocycles. The van der Waals surface area contributed by atoms with Crippen molar-refractivity contribution in [2.45, 2.75) is 33.9 Å². The summed E-state index contributed by atoms with van der Waals surface area (Å²) in [4.78, 5) is 0.